The Morgan fingerprint density at radius 1 is 1.08 bits per heavy atom. The molecule has 1 aromatic carbocycles. The van der Waals surface area contributed by atoms with Gasteiger partial charge in [0.25, 0.3) is 0 Å². The van der Waals surface area contributed by atoms with E-state index in [0.717, 1.165) is 11.8 Å². The Bertz CT molecular complexity index is 755. The Morgan fingerprint density at radius 3 is 2.19 bits per heavy atom. The largest absolute Gasteiger partial charge is 0.339 e. The molecule has 1 heterocycles. The predicted molar refractivity (Wildman–Crippen MR) is 101 cm³/mol. The van der Waals surface area contributed by atoms with E-state index in [0.29, 0.717) is 38.3 Å². The van der Waals surface area contributed by atoms with Gasteiger partial charge in [-0.05, 0) is 18.1 Å². The van der Waals surface area contributed by atoms with Gasteiger partial charge in [0.2, 0.25) is 21.8 Å². The van der Waals surface area contributed by atoms with E-state index in [1.54, 1.807) is 21.9 Å². The van der Waals surface area contributed by atoms with Crippen LogP contribution in [0.3, 0.4) is 0 Å². The number of para-hydroxylation sites is 1. The summed E-state index contributed by atoms with van der Waals surface area (Å²) in [6, 6.07) is 7.35. The minimum atomic E-state index is -3.49. The summed E-state index contributed by atoms with van der Waals surface area (Å²) in [4.78, 5) is 27.3. The highest BCUT2D eigenvalue weighted by molar-refractivity contribution is 7.92. The Morgan fingerprint density at radius 2 is 1.65 bits per heavy atom. The third-order valence-electron chi connectivity index (χ3n) is 4.65. The first-order valence-electron chi connectivity index (χ1n) is 8.83. The molecule has 1 aromatic rings. The van der Waals surface area contributed by atoms with Gasteiger partial charge in [0, 0.05) is 46.1 Å². The summed E-state index contributed by atoms with van der Waals surface area (Å²) < 4.78 is 25.8. The van der Waals surface area contributed by atoms with Gasteiger partial charge in [-0.1, -0.05) is 25.1 Å². The molecule has 0 aliphatic carbocycles. The lowest BCUT2D eigenvalue weighted by Crippen LogP contribution is -2.50. The van der Waals surface area contributed by atoms with Gasteiger partial charge in [-0.15, -0.1) is 0 Å². The number of anilines is 1. The van der Waals surface area contributed by atoms with Crippen LogP contribution in [0.1, 0.15) is 25.8 Å². The molecule has 0 radical (unpaired) electrons. The Hall–Kier alpha value is -2.09. The van der Waals surface area contributed by atoms with Gasteiger partial charge in [0.05, 0.1) is 11.9 Å². The van der Waals surface area contributed by atoms with Crippen LogP contribution in [0.5, 0.6) is 0 Å². The summed E-state index contributed by atoms with van der Waals surface area (Å²) in [5.74, 6) is -0.0765. The molecule has 1 aliphatic rings. The number of hydrogen-bond donors (Lipinski definition) is 0. The van der Waals surface area contributed by atoms with E-state index in [9.17, 15) is 18.0 Å². The highest BCUT2D eigenvalue weighted by Gasteiger charge is 2.25. The molecular formula is C18H27N3O4S. The fourth-order valence-corrected chi connectivity index (χ4v) is 4.10. The molecule has 0 saturated carbocycles. The number of benzene rings is 1. The van der Waals surface area contributed by atoms with Crippen molar-refractivity contribution in [2.45, 2.75) is 26.7 Å². The highest BCUT2D eigenvalue weighted by Crippen LogP contribution is 2.23. The number of hydrogen-bond acceptors (Lipinski definition) is 4. The van der Waals surface area contributed by atoms with Gasteiger partial charge >= 0.3 is 0 Å². The average Bonchev–Trinajstić information content (AvgIpc) is 2.61. The van der Waals surface area contributed by atoms with Crippen LogP contribution < -0.4 is 4.31 Å². The lowest BCUT2D eigenvalue weighted by molar-refractivity contribution is -0.138. The van der Waals surface area contributed by atoms with Crippen molar-refractivity contribution in [1.82, 2.24) is 9.80 Å². The van der Waals surface area contributed by atoms with Crippen LogP contribution >= 0.6 is 0 Å². The molecule has 7 nitrogen and oxygen atoms in total. The molecule has 0 aromatic heterocycles. The first kappa shape index (κ1) is 20.2. The number of carbonyl (C=O) groups is 2. The molecule has 0 N–H and O–H groups in total. The maximum absolute atomic E-state index is 12.5. The fraction of sp³-hybridized carbons (Fsp3) is 0.556. The van der Waals surface area contributed by atoms with Crippen molar-refractivity contribution in [3.05, 3.63) is 29.8 Å². The summed E-state index contributed by atoms with van der Waals surface area (Å²) >= 11 is 0. The maximum atomic E-state index is 12.5. The van der Waals surface area contributed by atoms with Crippen molar-refractivity contribution in [2.75, 3.05) is 43.3 Å². The molecule has 2 amide bonds. The second-order valence-electron chi connectivity index (χ2n) is 6.45. The van der Waals surface area contributed by atoms with E-state index in [-0.39, 0.29) is 24.8 Å². The summed E-state index contributed by atoms with van der Waals surface area (Å²) in [5, 5.41) is 0. The third-order valence-corrected chi connectivity index (χ3v) is 5.83. The molecule has 1 saturated heterocycles. The summed E-state index contributed by atoms with van der Waals surface area (Å²) in [6.45, 7) is 5.63. The number of amides is 2. The molecule has 0 atom stereocenters. The van der Waals surface area contributed by atoms with Gasteiger partial charge < -0.3 is 9.80 Å². The third kappa shape index (κ3) is 4.97. The Balaban J connectivity index is 2.04. The second-order valence-corrected chi connectivity index (χ2v) is 8.36. The van der Waals surface area contributed by atoms with Crippen LogP contribution in [-0.2, 0) is 26.0 Å². The van der Waals surface area contributed by atoms with Gasteiger partial charge in [-0.3, -0.25) is 13.9 Å². The topological polar surface area (TPSA) is 78.0 Å². The van der Waals surface area contributed by atoms with E-state index >= 15 is 0 Å². The maximum Gasteiger partial charge on any atom is 0.232 e. The minimum Gasteiger partial charge on any atom is -0.339 e. The minimum absolute atomic E-state index is 0.0107. The van der Waals surface area contributed by atoms with Gasteiger partial charge in [-0.25, -0.2) is 8.42 Å². The van der Waals surface area contributed by atoms with E-state index in [4.69, 9.17) is 0 Å². The molecule has 1 fully saturated rings. The second kappa shape index (κ2) is 8.53. The average molecular weight is 381 g/mol. The molecule has 8 heteroatoms. The Labute approximate surface area is 155 Å². The van der Waals surface area contributed by atoms with Gasteiger partial charge in [0.15, 0.2) is 0 Å². The van der Waals surface area contributed by atoms with Crippen LogP contribution in [0.4, 0.5) is 5.69 Å². The quantitative estimate of drug-likeness (QED) is 0.739. The first-order valence-corrected chi connectivity index (χ1v) is 10.7. The number of carbonyl (C=O) groups excluding carboxylic acids is 2. The number of piperazine rings is 1. The van der Waals surface area contributed by atoms with E-state index in [1.165, 1.54) is 11.2 Å². The zero-order valence-corrected chi connectivity index (χ0v) is 16.5. The van der Waals surface area contributed by atoms with Crippen LogP contribution in [-0.4, -0.2) is 69.0 Å². The van der Waals surface area contributed by atoms with E-state index < -0.39 is 10.0 Å². The molecule has 0 unspecified atom stereocenters. The van der Waals surface area contributed by atoms with Crippen molar-refractivity contribution in [1.29, 1.82) is 0 Å². The van der Waals surface area contributed by atoms with Gasteiger partial charge in [-0.2, -0.15) is 0 Å². The van der Waals surface area contributed by atoms with Crippen molar-refractivity contribution < 1.29 is 18.0 Å². The standard InChI is InChI=1S/C18H27N3O4S/c1-4-16-7-5-6-8-17(16)21(26(3,24)25)10-9-18(23)20-13-11-19(12-14-20)15(2)22/h5-8H,4,9-14H2,1-3H3. The van der Waals surface area contributed by atoms with Gasteiger partial charge in [0.1, 0.15) is 0 Å². The summed E-state index contributed by atoms with van der Waals surface area (Å²) in [5.41, 5.74) is 1.56. The summed E-state index contributed by atoms with van der Waals surface area (Å²) in [7, 11) is -3.49. The van der Waals surface area contributed by atoms with Crippen LogP contribution in [0, 0.1) is 0 Å². The fourth-order valence-electron chi connectivity index (χ4n) is 3.14. The molecule has 2 rings (SSSR count). The zero-order valence-electron chi connectivity index (χ0n) is 15.6. The number of aryl methyl sites for hydroxylation is 1. The number of rotatable bonds is 6. The summed E-state index contributed by atoms with van der Waals surface area (Å²) in [6.07, 6.45) is 1.99. The van der Waals surface area contributed by atoms with Crippen LogP contribution in [0.15, 0.2) is 24.3 Å². The molecule has 26 heavy (non-hydrogen) atoms. The Kier molecular flexibility index (Phi) is 6.63. The zero-order chi connectivity index (χ0) is 19.3. The van der Waals surface area contributed by atoms with E-state index in [1.807, 2.05) is 19.1 Å². The lowest BCUT2D eigenvalue weighted by atomic mass is 10.1. The molecule has 0 spiro atoms. The van der Waals surface area contributed by atoms with Crippen molar-refractivity contribution in [3.8, 4) is 0 Å². The smallest absolute Gasteiger partial charge is 0.232 e. The van der Waals surface area contributed by atoms with Crippen molar-refractivity contribution in [2.24, 2.45) is 0 Å². The predicted octanol–water partition coefficient (Wildman–Crippen LogP) is 1.10. The van der Waals surface area contributed by atoms with Crippen molar-refractivity contribution in [3.63, 3.8) is 0 Å². The number of nitrogens with zero attached hydrogens (tertiary/aromatic N) is 3. The van der Waals surface area contributed by atoms with Crippen LogP contribution in [0.2, 0.25) is 0 Å². The molecular weight excluding hydrogens is 354 g/mol. The van der Waals surface area contributed by atoms with Crippen molar-refractivity contribution >= 4 is 27.5 Å². The molecule has 1 aliphatic heterocycles. The lowest BCUT2D eigenvalue weighted by Gasteiger charge is -2.34. The number of sulfonamides is 1. The highest BCUT2D eigenvalue weighted by atomic mass is 32.2. The first-order chi connectivity index (χ1) is 12.2. The van der Waals surface area contributed by atoms with E-state index in [2.05, 4.69) is 0 Å². The van der Waals surface area contributed by atoms with Crippen LogP contribution in [0.25, 0.3) is 0 Å². The monoisotopic (exact) mass is 381 g/mol. The SMILES string of the molecule is CCc1ccccc1N(CCC(=O)N1CCN(C(C)=O)CC1)S(C)(=O)=O. The normalized spacial score (nSPS) is 15.0. The molecule has 0 bridgehead atoms. The molecule has 144 valence electrons.